The van der Waals surface area contributed by atoms with Crippen molar-refractivity contribution in [1.29, 1.82) is 0 Å². The van der Waals surface area contributed by atoms with Crippen molar-refractivity contribution < 1.29 is 27.8 Å². The van der Waals surface area contributed by atoms with E-state index in [9.17, 15) is 13.6 Å². The fraction of sp³-hybridized carbons (Fsp3) is 0.407. The van der Waals surface area contributed by atoms with Crippen LogP contribution in [-0.4, -0.2) is 53.6 Å². The van der Waals surface area contributed by atoms with Gasteiger partial charge in [-0.3, -0.25) is 0 Å². The Morgan fingerprint density at radius 2 is 2.00 bits per heavy atom. The number of rotatable bonds is 10. The quantitative estimate of drug-likeness (QED) is 0.401. The molecule has 2 aromatic carbocycles. The molecule has 1 saturated heterocycles. The highest BCUT2D eigenvalue weighted by atomic mass is 19.1. The van der Waals surface area contributed by atoms with Gasteiger partial charge in [0, 0.05) is 25.8 Å². The molecule has 1 aliphatic heterocycles. The molecule has 1 unspecified atom stereocenters. The van der Waals surface area contributed by atoms with E-state index in [1.54, 1.807) is 41.0 Å². The highest BCUT2D eigenvalue weighted by molar-refractivity contribution is 5.74. The number of nitrogens with one attached hydrogen (secondary N) is 1. The summed E-state index contributed by atoms with van der Waals surface area (Å²) in [7, 11) is 1.58. The lowest BCUT2D eigenvalue weighted by Gasteiger charge is -2.26. The first-order valence-electron chi connectivity index (χ1n) is 12.5. The Kier molecular flexibility index (Phi) is 8.60. The standard InChI is InChI=1S/C27H32F2N4O4/c1-4-24-22(17-32(27(34)30-5-2)16-21-7-6-14-36-21)26(37-25-13-8-18(28)15-23(25)29)33(31-24)19-9-11-20(35-3)12-10-19/h8-13,15,21H,4-7,14,16-17H2,1-3H3,(H,30,34). The maximum Gasteiger partial charge on any atom is 0.317 e. The number of halogens is 2. The summed E-state index contributed by atoms with van der Waals surface area (Å²) in [6.45, 7) is 5.50. The monoisotopic (exact) mass is 514 g/mol. The summed E-state index contributed by atoms with van der Waals surface area (Å²) in [6, 6.07) is 10.1. The minimum atomic E-state index is -0.841. The Balaban J connectivity index is 1.78. The van der Waals surface area contributed by atoms with Gasteiger partial charge in [0.2, 0.25) is 5.88 Å². The van der Waals surface area contributed by atoms with E-state index < -0.39 is 11.6 Å². The fourth-order valence-corrected chi connectivity index (χ4v) is 4.29. The molecule has 4 rings (SSSR count). The molecular formula is C27H32F2N4O4. The van der Waals surface area contributed by atoms with Crippen molar-refractivity contribution >= 4 is 6.03 Å². The molecule has 10 heteroatoms. The van der Waals surface area contributed by atoms with Crippen molar-refractivity contribution in [2.45, 2.75) is 45.8 Å². The van der Waals surface area contributed by atoms with Crippen LogP contribution in [0.25, 0.3) is 5.69 Å². The number of carbonyl (C=O) groups excluding carboxylic acids is 1. The average molecular weight is 515 g/mol. The molecular weight excluding hydrogens is 482 g/mol. The van der Waals surface area contributed by atoms with Crippen LogP contribution in [0.1, 0.15) is 37.9 Å². The number of carbonyl (C=O) groups is 1. The van der Waals surface area contributed by atoms with Gasteiger partial charge in [0.05, 0.1) is 36.7 Å². The SMILES string of the molecule is CCNC(=O)N(Cc1c(CC)nn(-c2ccc(OC)cc2)c1Oc1ccc(F)cc1F)CC1CCCO1. The Morgan fingerprint density at radius 3 is 2.62 bits per heavy atom. The van der Waals surface area contributed by atoms with Crippen LogP contribution in [0.15, 0.2) is 42.5 Å². The second kappa shape index (κ2) is 12.1. The Hall–Kier alpha value is -3.66. The van der Waals surface area contributed by atoms with Crippen LogP contribution in [-0.2, 0) is 17.7 Å². The van der Waals surface area contributed by atoms with Gasteiger partial charge in [0.1, 0.15) is 11.6 Å². The molecule has 0 radical (unpaired) electrons. The summed E-state index contributed by atoms with van der Waals surface area (Å²) >= 11 is 0. The highest BCUT2D eigenvalue weighted by Crippen LogP contribution is 2.34. The summed E-state index contributed by atoms with van der Waals surface area (Å²) in [5.74, 6) is -0.788. The van der Waals surface area contributed by atoms with Crippen LogP contribution in [0.4, 0.5) is 13.6 Å². The van der Waals surface area contributed by atoms with Crippen molar-refractivity contribution in [3.63, 3.8) is 0 Å². The van der Waals surface area contributed by atoms with Crippen molar-refractivity contribution in [3.05, 3.63) is 65.4 Å². The number of urea groups is 1. The number of ether oxygens (including phenoxy) is 3. The maximum atomic E-state index is 14.6. The van der Waals surface area contributed by atoms with E-state index in [0.29, 0.717) is 48.8 Å². The normalized spacial score (nSPS) is 15.0. The molecule has 1 N–H and O–H groups in total. The molecule has 1 fully saturated rings. The number of hydrogen-bond donors (Lipinski definition) is 1. The minimum Gasteiger partial charge on any atom is -0.497 e. The lowest BCUT2D eigenvalue weighted by Crippen LogP contribution is -2.43. The summed E-state index contributed by atoms with van der Waals surface area (Å²) in [5, 5.41) is 7.61. The Bertz CT molecular complexity index is 1210. The van der Waals surface area contributed by atoms with E-state index in [1.165, 1.54) is 6.07 Å². The molecule has 1 aliphatic rings. The van der Waals surface area contributed by atoms with Crippen LogP contribution < -0.4 is 14.8 Å². The Morgan fingerprint density at radius 1 is 1.22 bits per heavy atom. The van der Waals surface area contributed by atoms with E-state index in [0.717, 1.165) is 25.0 Å². The largest absolute Gasteiger partial charge is 0.497 e. The predicted molar refractivity (Wildman–Crippen MR) is 134 cm³/mol. The van der Waals surface area contributed by atoms with Crippen molar-refractivity contribution in [2.75, 3.05) is 26.8 Å². The summed E-state index contributed by atoms with van der Waals surface area (Å²) in [4.78, 5) is 14.7. The predicted octanol–water partition coefficient (Wildman–Crippen LogP) is 5.22. The topological polar surface area (TPSA) is 77.9 Å². The molecule has 0 bridgehead atoms. The fourth-order valence-electron chi connectivity index (χ4n) is 4.29. The van der Waals surface area contributed by atoms with Gasteiger partial charge in [-0.2, -0.15) is 5.10 Å². The average Bonchev–Trinajstić information content (AvgIpc) is 3.53. The van der Waals surface area contributed by atoms with Gasteiger partial charge in [0.25, 0.3) is 0 Å². The molecule has 0 aliphatic carbocycles. The lowest BCUT2D eigenvalue weighted by atomic mass is 10.1. The number of hydrogen-bond acceptors (Lipinski definition) is 5. The van der Waals surface area contributed by atoms with E-state index in [4.69, 9.17) is 19.3 Å². The zero-order valence-corrected chi connectivity index (χ0v) is 21.3. The number of benzene rings is 2. The van der Waals surface area contributed by atoms with Crippen molar-refractivity contribution in [2.24, 2.45) is 0 Å². The van der Waals surface area contributed by atoms with Gasteiger partial charge in [-0.1, -0.05) is 6.92 Å². The summed E-state index contributed by atoms with van der Waals surface area (Å²) in [5.41, 5.74) is 1.98. The van der Waals surface area contributed by atoms with Crippen molar-refractivity contribution in [1.82, 2.24) is 20.0 Å². The Labute approximate surface area is 215 Å². The van der Waals surface area contributed by atoms with Gasteiger partial charge in [-0.15, -0.1) is 0 Å². The van der Waals surface area contributed by atoms with Gasteiger partial charge in [-0.25, -0.2) is 18.3 Å². The summed E-state index contributed by atoms with van der Waals surface area (Å²) in [6.07, 6.45) is 2.29. The number of nitrogens with zero attached hydrogens (tertiary/aromatic N) is 3. The van der Waals surface area contributed by atoms with Crippen LogP contribution in [0, 0.1) is 11.6 Å². The second-order valence-corrected chi connectivity index (χ2v) is 8.72. The third-order valence-electron chi connectivity index (χ3n) is 6.18. The minimum absolute atomic E-state index is 0.0665. The molecule has 1 atom stereocenters. The van der Waals surface area contributed by atoms with Crippen LogP contribution in [0.5, 0.6) is 17.4 Å². The summed E-state index contributed by atoms with van der Waals surface area (Å²) < 4.78 is 46.9. The van der Waals surface area contributed by atoms with Crippen LogP contribution >= 0.6 is 0 Å². The third kappa shape index (κ3) is 6.19. The number of aromatic nitrogens is 2. The number of methoxy groups -OCH3 is 1. The van der Waals surface area contributed by atoms with Gasteiger partial charge in [0.15, 0.2) is 11.6 Å². The molecule has 37 heavy (non-hydrogen) atoms. The first-order chi connectivity index (χ1) is 17.9. The first kappa shape index (κ1) is 26.4. The number of amides is 2. The zero-order chi connectivity index (χ0) is 26.4. The molecule has 0 spiro atoms. The molecule has 2 heterocycles. The van der Waals surface area contributed by atoms with Gasteiger partial charge >= 0.3 is 6.03 Å². The molecule has 0 saturated carbocycles. The first-order valence-corrected chi connectivity index (χ1v) is 12.5. The van der Waals surface area contributed by atoms with E-state index in [1.807, 2.05) is 13.8 Å². The van der Waals surface area contributed by atoms with Crippen LogP contribution in [0.2, 0.25) is 0 Å². The lowest BCUT2D eigenvalue weighted by molar-refractivity contribution is 0.0793. The molecule has 3 aromatic rings. The van der Waals surface area contributed by atoms with E-state index in [-0.39, 0.29) is 30.3 Å². The molecule has 8 nitrogen and oxygen atoms in total. The zero-order valence-electron chi connectivity index (χ0n) is 21.3. The van der Waals surface area contributed by atoms with Gasteiger partial charge in [-0.05, 0) is 62.6 Å². The number of aryl methyl sites for hydroxylation is 1. The van der Waals surface area contributed by atoms with E-state index in [2.05, 4.69) is 5.32 Å². The maximum absolute atomic E-state index is 14.6. The van der Waals surface area contributed by atoms with Crippen LogP contribution in [0.3, 0.4) is 0 Å². The molecule has 198 valence electrons. The highest BCUT2D eigenvalue weighted by Gasteiger charge is 2.28. The molecule has 2 amide bonds. The van der Waals surface area contributed by atoms with Gasteiger partial charge < -0.3 is 24.4 Å². The smallest absolute Gasteiger partial charge is 0.317 e. The van der Waals surface area contributed by atoms with Crippen molar-refractivity contribution in [3.8, 4) is 23.1 Å². The van der Waals surface area contributed by atoms with E-state index >= 15 is 0 Å². The second-order valence-electron chi connectivity index (χ2n) is 8.72. The molecule has 1 aromatic heterocycles. The third-order valence-corrected chi connectivity index (χ3v) is 6.18.